The van der Waals surface area contributed by atoms with Crippen LogP contribution in [0.1, 0.15) is 11.3 Å². The van der Waals surface area contributed by atoms with Crippen LogP contribution in [-0.4, -0.2) is 58.8 Å². The Labute approximate surface area is 163 Å². The third-order valence-corrected chi connectivity index (χ3v) is 6.21. The summed E-state index contributed by atoms with van der Waals surface area (Å²) in [4.78, 5) is 18.8. The molecule has 0 unspecified atom stereocenters. The highest BCUT2D eigenvalue weighted by atomic mass is 16.5. The minimum Gasteiger partial charge on any atom is -0.380 e. The first-order valence-electron chi connectivity index (χ1n) is 9.86. The summed E-state index contributed by atoms with van der Waals surface area (Å²) in [6.45, 7) is 4.29. The van der Waals surface area contributed by atoms with E-state index in [1.807, 2.05) is 12.3 Å². The van der Waals surface area contributed by atoms with Gasteiger partial charge >= 0.3 is 0 Å². The molecule has 2 aromatic heterocycles. The van der Waals surface area contributed by atoms with Crippen molar-refractivity contribution < 1.29 is 9.53 Å². The van der Waals surface area contributed by atoms with Gasteiger partial charge in [-0.2, -0.15) is 5.10 Å². The van der Waals surface area contributed by atoms with Crippen molar-refractivity contribution in [2.75, 3.05) is 32.8 Å². The summed E-state index contributed by atoms with van der Waals surface area (Å²) >= 11 is 0. The number of fused-ring (bicyclic) bond motifs is 2. The number of nitrogens with zero attached hydrogens (tertiary/aromatic N) is 2. The molecule has 0 aliphatic carbocycles. The highest BCUT2D eigenvalue weighted by Crippen LogP contribution is 2.42. The van der Waals surface area contributed by atoms with Crippen molar-refractivity contribution in [1.29, 1.82) is 0 Å². The average Bonchev–Trinajstić information content (AvgIpc) is 3.45. The predicted molar refractivity (Wildman–Crippen MR) is 106 cm³/mol. The van der Waals surface area contributed by atoms with Crippen molar-refractivity contribution in [3.63, 3.8) is 0 Å². The Morgan fingerprint density at radius 1 is 1.36 bits per heavy atom. The summed E-state index contributed by atoms with van der Waals surface area (Å²) in [6, 6.07) is 10.4. The summed E-state index contributed by atoms with van der Waals surface area (Å²) in [5.74, 6) is 0.377. The molecular formula is C21H25N5O2. The summed E-state index contributed by atoms with van der Waals surface area (Å²) in [7, 11) is 0. The van der Waals surface area contributed by atoms with E-state index in [-0.39, 0.29) is 11.8 Å². The second kappa shape index (κ2) is 7.07. The number of hydrogen-bond donors (Lipinski definition) is 3. The third-order valence-electron chi connectivity index (χ3n) is 6.21. The van der Waals surface area contributed by atoms with Gasteiger partial charge in [-0.05, 0) is 23.8 Å². The highest BCUT2D eigenvalue weighted by Gasteiger charge is 2.55. The number of ether oxygens (including phenoxy) is 1. The molecule has 1 amide bonds. The van der Waals surface area contributed by atoms with E-state index in [0.29, 0.717) is 19.8 Å². The van der Waals surface area contributed by atoms with Crippen molar-refractivity contribution in [1.82, 2.24) is 25.4 Å². The molecule has 2 fully saturated rings. The number of carbonyl (C=O) groups is 1. The van der Waals surface area contributed by atoms with Gasteiger partial charge in [-0.25, -0.2) is 0 Å². The molecule has 2 aliphatic rings. The number of hydrogen-bond acceptors (Lipinski definition) is 4. The lowest BCUT2D eigenvalue weighted by Gasteiger charge is -2.26. The normalized spacial score (nSPS) is 24.6. The number of aromatic amines is 2. The molecule has 146 valence electrons. The number of likely N-dealkylation sites (tertiary alicyclic amines) is 1. The van der Waals surface area contributed by atoms with Gasteiger partial charge in [0.2, 0.25) is 5.91 Å². The fraction of sp³-hybridized carbons (Fsp3) is 0.429. The van der Waals surface area contributed by atoms with Crippen LogP contribution in [0.5, 0.6) is 0 Å². The summed E-state index contributed by atoms with van der Waals surface area (Å²) < 4.78 is 5.74. The van der Waals surface area contributed by atoms with Gasteiger partial charge in [0, 0.05) is 67.5 Å². The maximum Gasteiger partial charge on any atom is 0.230 e. The van der Waals surface area contributed by atoms with E-state index in [4.69, 9.17) is 4.74 Å². The number of amides is 1. The Morgan fingerprint density at radius 2 is 2.32 bits per heavy atom. The number of aromatic nitrogens is 3. The smallest absolute Gasteiger partial charge is 0.230 e. The number of nitrogens with one attached hydrogen (secondary N) is 3. The van der Waals surface area contributed by atoms with Gasteiger partial charge in [0.05, 0.1) is 18.6 Å². The number of rotatable bonds is 6. The van der Waals surface area contributed by atoms with Crippen LogP contribution in [0.15, 0.2) is 42.7 Å². The largest absolute Gasteiger partial charge is 0.380 e. The van der Waals surface area contributed by atoms with E-state index in [2.05, 4.69) is 49.7 Å². The molecule has 2 saturated heterocycles. The van der Waals surface area contributed by atoms with E-state index < -0.39 is 5.41 Å². The summed E-state index contributed by atoms with van der Waals surface area (Å²) in [6.07, 6.45) is 4.47. The molecule has 2 atom stereocenters. The van der Waals surface area contributed by atoms with Gasteiger partial charge in [0.1, 0.15) is 0 Å². The predicted octanol–water partition coefficient (Wildman–Crippen LogP) is 1.70. The second-order valence-electron chi connectivity index (χ2n) is 7.98. The maximum absolute atomic E-state index is 13.1. The lowest BCUT2D eigenvalue weighted by atomic mass is 9.80. The first-order valence-corrected chi connectivity index (χ1v) is 9.86. The zero-order chi connectivity index (χ0) is 19.0. The van der Waals surface area contributed by atoms with Gasteiger partial charge in [0.25, 0.3) is 0 Å². The molecule has 4 heterocycles. The lowest BCUT2D eigenvalue weighted by Crippen LogP contribution is -2.47. The molecule has 7 nitrogen and oxygen atoms in total. The van der Waals surface area contributed by atoms with Crippen LogP contribution in [0.2, 0.25) is 0 Å². The Morgan fingerprint density at radius 3 is 3.21 bits per heavy atom. The molecule has 28 heavy (non-hydrogen) atoms. The Bertz CT molecular complexity index is 966. The zero-order valence-corrected chi connectivity index (χ0v) is 15.8. The highest BCUT2D eigenvalue weighted by molar-refractivity contribution is 5.84. The van der Waals surface area contributed by atoms with Crippen LogP contribution in [0, 0.1) is 11.3 Å². The molecule has 0 saturated carbocycles. The molecular weight excluding hydrogens is 354 g/mol. The molecule has 2 aliphatic heterocycles. The third kappa shape index (κ3) is 3.00. The topological polar surface area (TPSA) is 86.0 Å². The van der Waals surface area contributed by atoms with Crippen LogP contribution < -0.4 is 5.32 Å². The van der Waals surface area contributed by atoms with E-state index in [0.717, 1.165) is 37.3 Å². The monoisotopic (exact) mass is 379 g/mol. The van der Waals surface area contributed by atoms with Crippen LogP contribution in [0.4, 0.5) is 0 Å². The number of H-pyrrole nitrogens is 2. The second-order valence-corrected chi connectivity index (χ2v) is 7.98. The van der Waals surface area contributed by atoms with Gasteiger partial charge in [-0.3, -0.25) is 14.8 Å². The first kappa shape index (κ1) is 17.5. The minimum atomic E-state index is -0.431. The van der Waals surface area contributed by atoms with E-state index >= 15 is 0 Å². The minimum absolute atomic E-state index is 0.122. The summed E-state index contributed by atoms with van der Waals surface area (Å²) in [5, 5.41) is 11.3. The van der Waals surface area contributed by atoms with Crippen molar-refractivity contribution >= 4 is 16.8 Å². The molecule has 3 N–H and O–H groups in total. The SMILES string of the molecule is O=C(NCCc1ccn[nH]1)[C@]12COC[C@H]1CN(Cc1cccc3[nH]ccc13)C2. The molecule has 5 rings (SSSR count). The zero-order valence-electron chi connectivity index (χ0n) is 15.8. The standard InChI is InChI=1S/C21H25N5O2/c27-20(23-7-4-17-5-9-24-25-17)21-13-26(11-16(21)12-28-14-21)10-15-2-1-3-19-18(15)6-8-22-19/h1-3,5-6,8-9,16,22H,4,7,10-14H2,(H,23,27)(H,24,25)/t16-,21-/m1/s1. The fourth-order valence-corrected chi connectivity index (χ4v) is 4.72. The Balaban J connectivity index is 1.27. The van der Waals surface area contributed by atoms with Crippen LogP contribution in [0.3, 0.4) is 0 Å². The molecule has 7 heteroatoms. The quantitative estimate of drug-likeness (QED) is 0.608. The van der Waals surface area contributed by atoms with Crippen LogP contribution in [-0.2, 0) is 22.5 Å². The summed E-state index contributed by atoms with van der Waals surface area (Å²) in [5.41, 5.74) is 3.06. The Kier molecular flexibility index (Phi) is 4.41. The van der Waals surface area contributed by atoms with Crippen molar-refractivity contribution in [3.8, 4) is 0 Å². The van der Waals surface area contributed by atoms with E-state index in [9.17, 15) is 4.79 Å². The van der Waals surface area contributed by atoms with Crippen molar-refractivity contribution in [2.45, 2.75) is 13.0 Å². The van der Waals surface area contributed by atoms with Crippen LogP contribution >= 0.6 is 0 Å². The molecule has 0 spiro atoms. The van der Waals surface area contributed by atoms with Gasteiger partial charge in [-0.15, -0.1) is 0 Å². The number of carbonyl (C=O) groups excluding carboxylic acids is 1. The molecule has 1 aromatic carbocycles. The number of benzene rings is 1. The first-order chi connectivity index (χ1) is 13.7. The van der Waals surface area contributed by atoms with Gasteiger partial charge in [-0.1, -0.05) is 12.1 Å². The van der Waals surface area contributed by atoms with Crippen molar-refractivity contribution in [2.24, 2.45) is 11.3 Å². The fourth-order valence-electron chi connectivity index (χ4n) is 4.72. The van der Waals surface area contributed by atoms with Crippen LogP contribution in [0.25, 0.3) is 10.9 Å². The van der Waals surface area contributed by atoms with Crippen molar-refractivity contribution in [3.05, 3.63) is 54.0 Å². The van der Waals surface area contributed by atoms with E-state index in [1.54, 1.807) is 6.20 Å². The molecule has 0 bridgehead atoms. The lowest BCUT2D eigenvalue weighted by molar-refractivity contribution is -0.131. The Hall–Kier alpha value is -2.64. The maximum atomic E-state index is 13.1. The van der Waals surface area contributed by atoms with E-state index in [1.165, 1.54) is 10.9 Å². The molecule has 0 radical (unpaired) electrons. The average molecular weight is 379 g/mol. The molecule has 3 aromatic rings. The van der Waals surface area contributed by atoms with Gasteiger partial charge < -0.3 is 15.0 Å². The van der Waals surface area contributed by atoms with Gasteiger partial charge in [0.15, 0.2) is 0 Å².